The van der Waals surface area contributed by atoms with Crippen molar-refractivity contribution in [1.29, 1.82) is 0 Å². The summed E-state index contributed by atoms with van der Waals surface area (Å²) in [6.07, 6.45) is 3.56. The van der Waals surface area contributed by atoms with Gasteiger partial charge in [0.25, 0.3) is 0 Å². The molecule has 1 aromatic rings. The van der Waals surface area contributed by atoms with E-state index >= 15 is 0 Å². The highest BCUT2D eigenvalue weighted by Gasteiger charge is 2.20. The molecule has 0 aliphatic carbocycles. The second kappa shape index (κ2) is 4.34. The summed E-state index contributed by atoms with van der Waals surface area (Å²) in [7, 11) is 0. The molecule has 0 spiro atoms. The molecule has 3 rings (SSSR count). The molecule has 0 bridgehead atoms. The van der Waals surface area contributed by atoms with E-state index in [-0.39, 0.29) is 6.10 Å². The topological polar surface area (TPSA) is 30.5 Å². The van der Waals surface area contributed by atoms with Gasteiger partial charge in [-0.1, -0.05) is 6.07 Å². The van der Waals surface area contributed by atoms with Crippen LogP contribution >= 0.6 is 0 Å². The van der Waals surface area contributed by atoms with Gasteiger partial charge in [-0.05, 0) is 25.0 Å². The number of hydrogen-bond acceptors (Lipinski definition) is 3. The molecular formula is C13H17NO2. The molecule has 1 N–H and O–H groups in total. The summed E-state index contributed by atoms with van der Waals surface area (Å²) >= 11 is 0. The first-order valence-corrected chi connectivity index (χ1v) is 6.03. The summed E-state index contributed by atoms with van der Waals surface area (Å²) in [5.41, 5.74) is 2.57. The molecule has 1 unspecified atom stereocenters. The van der Waals surface area contributed by atoms with Crippen LogP contribution in [0.4, 0.5) is 5.69 Å². The van der Waals surface area contributed by atoms with E-state index in [0.717, 1.165) is 38.3 Å². The third kappa shape index (κ3) is 1.87. The van der Waals surface area contributed by atoms with Gasteiger partial charge < -0.3 is 14.8 Å². The minimum absolute atomic E-state index is 0.244. The molecular weight excluding hydrogens is 202 g/mol. The number of ether oxygens (including phenoxy) is 2. The van der Waals surface area contributed by atoms with Gasteiger partial charge in [-0.2, -0.15) is 0 Å². The Bertz CT molecular complexity index is 372. The summed E-state index contributed by atoms with van der Waals surface area (Å²) in [6, 6.07) is 6.26. The summed E-state index contributed by atoms with van der Waals surface area (Å²) < 4.78 is 11.3. The van der Waals surface area contributed by atoms with E-state index < -0.39 is 0 Å². The molecule has 1 atom stereocenters. The summed E-state index contributed by atoms with van der Waals surface area (Å²) in [4.78, 5) is 0. The van der Waals surface area contributed by atoms with Gasteiger partial charge >= 0.3 is 0 Å². The third-order valence-electron chi connectivity index (χ3n) is 3.23. The molecule has 2 aliphatic rings. The quantitative estimate of drug-likeness (QED) is 0.827. The van der Waals surface area contributed by atoms with E-state index in [1.54, 1.807) is 0 Å². The number of rotatable bonds is 2. The Morgan fingerprint density at radius 1 is 1.38 bits per heavy atom. The highest BCUT2D eigenvalue weighted by molar-refractivity contribution is 5.59. The van der Waals surface area contributed by atoms with Crippen molar-refractivity contribution >= 4 is 5.69 Å². The van der Waals surface area contributed by atoms with Crippen LogP contribution in [-0.2, 0) is 11.2 Å². The van der Waals surface area contributed by atoms with Crippen molar-refractivity contribution in [3.8, 4) is 5.75 Å². The smallest absolute Gasteiger partial charge is 0.125 e. The van der Waals surface area contributed by atoms with Crippen molar-refractivity contribution in [1.82, 2.24) is 0 Å². The maximum Gasteiger partial charge on any atom is 0.125 e. The Balaban J connectivity index is 1.82. The molecule has 1 saturated heterocycles. The second-order valence-corrected chi connectivity index (χ2v) is 4.42. The molecule has 0 radical (unpaired) electrons. The predicted octanol–water partition coefficient (Wildman–Crippen LogP) is 2.21. The first kappa shape index (κ1) is 9.97. The van der Waals surface area contributed by atoms with Crippen LogP contribution in [0, 0.1) is 0 Å². The minimum atomic E-state index is 0.244. The molecule has 16 heavy (non-hydrogen) atoms. The fraction of sp³-hybridized carbons (Fsp3) is 0.538. The average Bonchev–Trinajstić information content (AvgIpc) is 2.82. The van der Waals surface area contributed by atoms with Crippen LogP contribution < -0.4 is 10.1 Å². The maximum absolute atomic E-state index is 6.01. The Labute approximate surface area is 95.8 Å². The van der Waals surface area contributed by atoms with Crippen molar-refractivity contribution < 1.29 is 9.47 Å². The lowest BCUT2D eigenvalue weighted by Gasteiger charge is -2.22. The van der Waals surface area contributed by atoms with Gasteiger partial charge in [-0.15, -0.1) is 0 Å². The average molecular weight is 219 g/mol. The Hall–Kier alpha value is -1.22. The number of hydrogen-bond donors (Lipinski definition) is 1. The van der Waals surface area contributed by atoms with Gasteiger partial charge in [0.05, 0.1) is 13.2 Å². The van der Waals surface area contributed by atoms with E-state index in [1.165, 1.54) is 17.7 Å². The summed E-state index contributed by atoms with van der Waals surface area (Å²) in [6.45, 7) is 2.64. The standard InChI is InChI=1S/C13H17NO2/c1-4-12-11(3-2-7-14-12)13(5-1)16-10-6-8-15-9-10/h1,4-5,10,14H,2-3,6-9H2. The van der Waals surface area contributed by atoms with Crippen LogP contribution in [0.2, 0.25) is 0 Å². The highest BCUT2D eigenvalue weighted by Crippen LogP contribution is 2.31. The number of fused-ring (bicyclic) bond motifs is 1. The highest BCUT2D eigenvalue weighted by atomic mass is 16.5. The van der Waals surface area contributed by atoms with E-state index in [2.05, 4.69) is 23.5 Å². The Morgan fingerprint density at radius 2 is 2.38 bits per heavy atom. The van der Waals surface area contributed by atoms with Gasteiger partial charge in [-0.3, -0.25) is 0 Å². The van der Waals surface area contributed by atoms with Gasteiger partial charge in [0.15, 0.2) is 0 Å². The first-order valence-electron chi connectivity index (χ1n) is 6.03. The zero-order chi connectivity index (χ0) is 10.8. The zero-order valence-electron chi connectivity index (χ0n) is 9.37. The van der Waals surface area contributed by atoms with Crippen LogP contribution in [0.15, 0.2) is 18.2 Å². The molecule has 3 nitrogen and oxygen atoms in total. The number of benzene rings is 1. The zero-order valence-corrected chi connectivity index (χ0v) is 9.37. The molecule has 3 heteroatoms. The minimum Gasteiger partial charge on any atom is -0.488 e. The monoisotopic (exact) mass is 219 g/mol. The summed E-state index contributed by atoms with van der Waals surface area (Å²) in [5.74, 6) is 1.04. The molecule has 2 heterocycles. The molecule has 1 fully saturated rings. The lowest BCUT2D eigenvalue weighted by molar-refractivity contribution is 0.140. The fourth-order valence-electron chi connectivity index (χ4n) is 2.37. The van der Waals surface area contributed by atoms with Crippen LogP contribution in [0.25, 0.3) is 0 Å². The van der Waals surface area contributed by atoms with Gasteiger partial charge in [0, 0.05) is 24.2 Å². The van der Waals surface area contributed by atoms with Gasteiger partial charge in [0.1, 0.15) is 11.9 Å². The molecule has 1 aromatic carbocycles. The first-order chi connectivity index (χ1) is 7.93. The largest absolute Gasteiger partial charge is 0.488 e. The van der Waals surface area contributed by atoms with Crippen LogP contribution in [0.3, 0.4) is 0 Å². The van der Waals surface area contributed by atoms with E-state index in [4.69, 9.17) is 9.47 Å². The van der Waals surface area contributed by atoms with Gasteiger partial charge in [0.2, 0.25) is 0 Å². The van der Waals surface area contributed by atoms with Crippen molar-refractivity contribution in [3.63, 3.8) is 0 Å². The molecule has 2 aliphatic heterocycles. The molecule has 0 amide bonds. The van der Waals surface area contributed by atoms with Crippen LogP contribution in [0.1, 0.15) is 18.4 Å². The van der Waals surface area contributed by atoms with Crippen molar-refractivity contribution in [2.24, 2.45) is 0 Å². The normalized spacial score (nSPS) is 23.6. The predicted molar refractivity (Wildman–Crippen MR) is 63.1 cm³/mol. The Morgan fingerprint density at radius 3 is 3.25 bits per heavy atom. The van der Waals surface area contributed by atoms with E-state index in [0.29, 0.717) is 0 Å². The van der Waals surface area contributed by atoms with Crippen molar-refractivity contribution in [3.05, 3.63) is 23.8 Å². The van der Waals surface area contributed by atoms with Crippen LogP contribution in [0.5, 0.6) is 5.75 Å². The van der Waals surface area contributed by atoms with E-state index in [9.17, 15) is 0 Å². The van der Waals surface area contributed by atoms with Crippen molar-refractivity contribution in [2.45, 2.75) is 25.4 Å². The van der Waals surface area contributed by atoms with Crippen LogP contribution in [-0.4, -0.2) is 25.9 Å². The molecule has 0 aromatic heterocycles. The van der Waals surface area contributed by atoms with E-state index in [1.807, 2.05) is 0 Å². The SMILES string of the molecule is c1cc2c(c(OC3CCOC3)c1)CCCN2. The lowest BCUT2D eigenvalue weighted by atomic mass is 10.0. The maximum atomic E-state index is 6.01. The molecule has 0 saturated carbocycles. The second-order valence-electron chi connectivity index (χ2n) is 4.42. The number of anilines is 1. The fourth-order valence-corrected chi connectivity index (χ4v) is 2.37. The summed E-state index contributed by atoms with van der Waals surface area (Å²) in [5, 5.41) is 3.42. The Kier molecular flexibility index (Phi) is 2.70. The van der Waals surface area contributed by atoms with Crippen molar-refractivity contribution in [2.75, 3.05) is 25.1 Å². The lowest BCUT2D eigenvalue weighted by Crippen LogP contribution is -2.19. The van der Waals surface area contributed by atoms with Gasteiger partial charge in [-0.25, -0.2) is 0 Å². The number of nitrogens with one attached hydrogen (secondary N) is 1. The molecule has 86 valence electrons. The third-order valence-corrected chi connectivity index (χ3v) is 3.23.